The largest absolute Gasteiger partial charge is 0.352 e. The minimum atomic E-state index is -0.347. The number of amides is 1. The number of nitrogens with one attached hydrogen (secondary N) is 1. The van der Waals surface area contributed by atoms with Crippen molar-refractivity contribution in [2.24, 2.45) is 11.7 Å². The highest BCUT2D eigenvalue weighted by Crippen LogP contribution is 2.11. The minimum absolute atomic E-state index is 0.225. The summed E-state index contributed by atoms with van der Waals surface area (Å²) in [5.41, 5.74) is 6.46. The Bertz CT molecular complexity index is 415. The smallest absolute Gasteiger partial charge is 0.251 e. The van der Waals surface area contributed by atoms with Gasteiger partial charge < -0.3 is 11.1 Å². The van der Waals surface area contributed by atoms with Crippen LogP contribution in [0.25, 0.3) is 0 Å². The molecule has 1 rings (SSSR count). The van der Waals surface area contributed by atoms with Crippen LogP contribution < -0.4 is 11.1 Å². The lowest BCUT2D eigenvalue weighted by molar-refractivity contribution is 0.0945. The zero-order chi connectivity index (χ0) is 14.3. The molecule has 4 heteroatoms. The van der Waals surface area contributed by atoms with Crippen LogP contribution in [0.15, 0.2) is 18.2 Å². The molecule has 0 fully saturated rings. The Balaban J connectivity index is 2.56. The van der Waals surface area contributed by atoms with Crippen molar-refractivity contribution in [2.45, 2.75) is 33.1 Å². The molecule has 0 spiro atoms. The van der Waals surface area contributed by atoms with Gasteiger partial charge in [0.25, 0.3) is 5.91 Å². The number of carbonyl (C=O) groups excluding carboxylic acids is 1. The molecule has 0 bridgehead atoms. The number of hydrogen-bond acceptors (Lipinski definition) is 2. The number of carbonyl (C=O) groups is 1. The molecule has 0 radical (unpaired) electrons. The van der Waals surface area contributed by atoms with Gasteiger partial charge in [0.15, 0.2) is 0 Å². The highest BCUT2D eigenvalue weighted by molar-refractivity contribution is 5.94. The Morgan fingerprint density at radius 3 is 2.74 bits per heavy atom. The Labute approximate surface area is 114 Å². The number of hydrogen-bond donors (Lipinski definition) is 2. The summed E-state index contributed by atoms with van der Waals surface area (Å²) in [6.45, 7) is 5.01. The number of nitrogens with two attached hydrogens (primary N) is 1. The summed E-state index contributed by atoms with van der Waals surface area (Å²) in [5.74, 6) is -0.175. The molecule has 0 aliphatic rings. The molecular formula is C15H23FN2O. The van der Waals surface area contributed by atoms with Crippen LogP contribution in [0.2, 0.25) is 0 Å². The summed E-state index contributed by atoms with van der Waals surface area (Å²) in [5, 5.41) is 2.85. The summed E-state index contributed by atoms with van der Waals surface area (Å²) in [4.78, 5) is 11.9. The van der Waals surface area contributed by atoms with E-state index in [-0.39, 0.29) is 11.7 Å². The fourth-order valence-electron chi connectivity index (χ4n) is 2.07. The predicted molar refractivity (Wildman–Crippen MR) is 75.5 cm³/mol. The average Bonchev–Trinajstić information content (AvgIpc) is 2.39. The lowest BCUT2D eigenvalue weighted by Crippen LogP contribution is -2.30. The van der Waals surface area contributed by atoms with E-state index in [2.05, 4.69) is 12.2 Å². The molecular weight excluding hydrogens is 243 g/mol. The first-order valence-electron chi connectivity index (χ1n) is 6.82. The van der Waals surface area contributed by atoms with Crippen LogP contribution in [0.3, 0.4) is 0 Å². The molecule has 1 aromatic rings. The quantitative estimate of drug-likeness (QED) is 0.797. The zero-order valence-electron chi connectivity index (χ0n) is 11.7. The number of rotatable bonds is 7. The van der Waals surface area contributed by atoms with Crippen molar-refractivity contribution >= 4 is 5.91 Å². The number of benzene rings is 1. The second-order valence-electron chi connectivity index (χ2n) is 4.91. The SMILES string of the molecule is CCCC(CCN)CNC(=O)c1ccc(C)c(F)c1. The van der Waals surface area contributed by atoms with Crippen LogP contribution in [0.1, 0.15) is 42.1 Å². The summed E-state index contributed by atoms with van der Waals surface area (Å²) in [7, 11) is 0. The van der Waals surface area contributed by atoms with Crippen LogP contribution >= 0.6 is 0 Å². The number of aryl methyl sites for hydroxylation is 1. The maximum atomic E-state index is 13.4. The molecule has 3 nitrogen and oxygen atoms in total. The van der Waals surface area contributed by atoms with Gasteiger partial charge in [-0.05, 0) is 49.9 Å². The molecule has 1 unspecified atom stereocenters. The van der Waals surface area contributed by atoms with Gasteiger partial charge in [0.05, 0.1) is 0 Å². The molecule has 1 aromatic carbocycles. The fraction of sp³-hybridized carbons (Fsp3) is 0.533. The Kier molecular flexibility index (Phi) is 6.50. The van der Waals surface area contributed by atoms with Crippen LogP contribution in [0.5, 0.6) is 0 Å². The van der Waals surface area contributed by atoms with E-state index in [9.17, 15) is 9.18 Å². The van der Waals surface area contributed by atoms with Gasteiger partial charge in [-0.2, -0.15) is 0 Å². The molecule has 0 aromatic heterocycles. The van der Waals surface area contributed by atoms with Gasteiger partial charge in [0.1, 0.15) is 5.82 Å². The highest BCUT2D eigenvalue weighted by atomic mass is 19.1. The lowest BCUT2D eigenvalue weighted by atomic mass is 9.99. The van der Waals surface area contributed by atoms with Gasteiger partial charge in [0.2, 0.25) is 0 Å². The second kappa shape index (κ2) is 7.89. The summed E-state index contributed by atoms with van der Waals surface area (Å²) < 4.78 is 13.4. The molecule has 1 amide bonds. The third-order valence-corrected chi connectivity index (χ3v) is 3.26. The van der Waals surface area contributed by atoms with E-state index < -0.39 is 0 Å². The fourth-order valence-corrected chi connectivity index (χ4v) is 2.07. The summed E-state index contributed by atoms with van der Waals surface area (Å²) in [6, 6.07) is 4.54. The first-order chi connectivity index (χ1) is 9.08. The second-order valence-corrected chi connectivity index (χ2v) is 4.91. The lowest BCUT2D eigenvalue weighted by Gasteiger charge is -2.16. The van der Waals surface area contributed by atoms with E-state index in [4.69, 9.17) is 5.73 Å². The minimum Gasteiger partial charge on any atom is -0.352 e. The molecule has 0 aliphatic carbocycles. The van der Waals surface area contributed by atoms with Crippen LogP contribution in [0.4, 0.5) is 4.39 Å². The molecule has 0 aliphatic heterocycles. The molecule has 0 saturated heterocycles. The predicted octanol–water partition coefficient (Wildman–Crippen LogP) is 2.63. The molecule has 1 atom stereocenters. The van der Waals surface area contributed by atoms with Gasteiger partial charge in [-0.25, -0.2) is 4.39 Å². The van der Waals surface area contributed by atoms with Crippen LogP contribution in [-0.4, -0.2) is 19.0 Å². The van der Waals surface area contributed by atoms with Crippen LogP contribution in [-0.2, 0) is 0 Å². The topological polar surface area (TPSA) is 55.1 Å². The van der Waals surface area contributed by atoms with Crippen molar-refractivity contribution in [2.75, 3.05) is 13.1 Å². The van der Waals surface area contributed by atoms with Gasteiger partial charge in [-0.1, -0.05) is 19.4 Å². The first kappa shape index (κ1) is 15.6. The standard InChI is InChI=1S/C15H23FN2O/c1-3-4-12(7-8-17)10-18-15(19)13-6-5-11(2)14(16)9-13/h5-6,9,12H,3-4,7-8,10,17H2,1-2H3,(H,18,19). The van der Waals surface area contributed by atoms with E-state index in [0.29, 0.717) is 30.1 Å². The van der Waals surface area contributed by atoms with Crippen molar-refractivity contribution < 1.29 is 9.18 Å². The van der Waals surface area contributed by atoms with Crippen molar-refractivity contribution in [3.63, 3.8) is 0 Å². The normalized spacial score (nSPS) is 12.2. The monoisotopic (exact) mass is 266 g/mol. The van der Waals surface area contributed by atoms with E-state index in [1.54, 1.807) is 19.1 Å². The van der Waals surface area contributed by atoms with Crippen LogP contribution in [0, 0.1) is 18.7 Å². The van der Waals surface area contributed by atoms with E-state index in [1.807, 2.05) is 0 Å². The Morgan fingerprint density at radius 1 is 1.42 bits per heavy atom. The van der Waals surface area contributed by atoms with E-state index in [1.165, 1.54) is 6.07 Å². The molecule has 0 heterocycles. The summed E-state index contributed by atoms with van der Waals surface area (Å²) >= 11 is 0. The summed E-state index contributed by atoms with van der Waals surface area (Å²) in [6.07, 6.45) is 3.01. The van der Waals surface area contributed by atoms with Gasteiger partial charge in [-0.15, -0.1) is 0 Å². The first-order valence-corrected chi connectivity index (χ1v) is 6.82. The number of halogens is 1. The maximum Gasteiger partial charge on any atom is 0.251 e. The van der Waals surface area contributed by atoms with Crippen molar-refractivity contribution in [1.29, 1.82) is 0 Å². The maximum absolute atomic E-state index is 13.4. The molecule has 106 valence electrons. The molecule has 19 heavy (non-hydrogen) atoms. The van der Waals surface area contributed by atoms with Gasteiger partial charge in [0, 0.05) is 12.1 Å². The van der Waals surface area contributed by atoms with Crippen molar-refractivity contribution in [3.8, 4) is 0 Å². The van der Waals surface area contributed by atoms with Gasteiger partial charge in [-0.3, -0.25) is 4.79 Å². The Morgan fingerprint density at radius 2 is 2.16 bits per heavy atom. The Hall–Kier alpha value is -1.42. The average molecular weight is 266 g/mol. The third-order valence-electron chi connectivity index (χ3n) is 3.26. The highest BCUT2D eigenvalue weighted by Gasteiger charge is 2.11. The molecule has 0 saturated carbocycles. The zero-order valence-corrected chi connectivity index (χ0v) is 11.7. The van der Waals surface area contributed by atoms with Crippen molar-refractivity contribution in [1.82, 2.24) is 5.32 Å². The third kappa shape index (κ3) is 4.99. The van der Waals surface area contributed by atoms with Gasteiger partial charge >= 0.3 is 0 Å². The van der Waals surface area contributed by atoms with E-state index in [0.717, 1.165) is 19.3 Å². The van der Waals surface area contributed by atoms with Crippen molar-refractivity contribution in [3.05, 3.63) is 35.1 Å². The van der Waals surface area contributed by atoms with E-state index >= 15 is 0 Å². The molecule has 3 N–H and O–H groups in total.